The number of hydrogen-bond donors (Lipinski definition) is 6. The first-order valence-corrected chi connectivity index (χ1v) is 11.8. The van der Waals surface area contributed by atoms with Gasteiger partial charge < -0.3 is 35.4 Å². The Morgan fingerprint density at radius 1 is 0.774 bits per heavy atom. The minimum absolute atomic E-state index is 0.0312. The second-order valence-corrected chi connectivity index (χ2v) is 10.4. The van der Waals surface area contributed by atoms with Crippen molar-refractivity contribution in [1.82, 2.24) is 0 Å². The topological polar surface area (TPSA) is 131 Å². The Balaban J connectivity index is 0. The van der Waals surface area contributed by atoms with E-state index >= 15 is 0 Å². The van der Waals surface area contributed by atoms with E-state index in [0.717, 1.165) is 12.8 Å². The van der Waals surface area contributed by atoms with E-state index < -0.39 is 12.2 Å². The Bertz CT molecular complexity index is 381. The van der Waals surface area contributed by atoms with Gasteiger partial charge in [-0.25, -0.2) is 0 Å². The lowest BCUT2D eigenvalue weighted by Gasteiger charge is -2.30. The molecule has 0 radical (unpaired) electrons. The summed E-state index contributed by atoms with van der Waals surface area (Å²) in [6.45, 7) is 14.5. The lowest BCUT2D eigenvalue weighted by molar-refractivity contribution is -0.0782. The molecule has 0 aromatic heterocycles. The summed E-state index contributed by atoms with van der Waals surface area (Å²) < 4.78 is 5.51. The Labute approximate surface area is 190 Å². The van der Waals surface area contributed by atoms with Crippen molar-refractivity contribution in [3.63, 3.8) is 0 Å². The number of ether oxygens (including phenoxy) is 1. The summed E-state index contributed by atoms with van der Waals surface area (Å²) in [7, 11) is 0. The molecule has 190 valence electrons. The van der Waals surface area contributed by atoms with Gasteiger partial charge in [0.05, 0.1) is 37.6 Å². The van der Waals surface area contributed by atoms with E-state index in [1.54, 1.807) is 0 Å². The van der Waals surface area contributed by atoms with Crippen LogP contribution in [0.5, 0.6) is 0 Å². The molecule has 6 N–H and O–H groups in total. The summed E-state index contributed by atoms with van der Waals surface area (Å²) in [5.74, 6) is 1.18. The first kappa shape index (κ1) is 32.9. The van der Waals surface area contributed by atoms with Crippen molar-refractivity contribution in [2.24, 2.45) is 23.2 Å². The summed E-state index contributed by atoms with van der Waals surface area (Å²) in [6.07, 6.45) is 3.03. The van der Waals surface area contributed by atoms with Crippen LogP contribution in [0.15, 0.2) is 0 Å². The molecule has 0 saturated heterocycles. The van der Waals surface area contributed by atoms with E-state index in [9.17, 15) is 10.2 Å². The zero-order chi connectivity index (χ0) is 24.6. The zero-order valence-corrected chi connectivity index (χ0v) is 21.0. The lowest BCUT2D eigenvalue weighted by atomic mass is 9.84. The average molecular weight is 453 g/mol. The standard InChI is InChI=1S/C9H18O3.C8H18O2.C7H16O2/c1-6(2)12-9-4-7(10)3-8(11)5-9;1-7(2)4-8(3,5-9)6-10;1-6(2)3-7(4-8)5-9/h6-11H,3-5H2,1-2H3;7,9-10H,4-6H2,1-3H3;6-9H,3-5H2,1-2H3. The SMILES string of the molecule is CC(C)CC(C)(CO)CO.CC(C)CC(CO)CO.CC(C)OC1CC(O)CC(O)C1. The van der Waals surface area contributed by atoms with Gasteiger partial charge in [0, 0.05) is 24.5 Å². The maximum absolute atomic E-state index is 9.32. The molecule has 31 heavy (non-hydrogen) atoms. The summed E-state index contributed by atoms with van der Waals surface area (Å²) >= 11 is 0. The van der Waals surface area contributed by atoms with Crippen molar-refractivity contribution < 1.29 is 35.4 Å². The van der Waals surface area contributed by atoms with Gasteiger partial charge in [-0.05, 0) is 57.8 Å². The summed E-state index contributed by atoms with van der Waals surface area (Å²) in [5.41, 5.74) is -0.284. The second kappa shape index (κ2) is 18.2. The molecule has 1 aliphatic carbocycles. The van der Waals surface area contributed by atoms with Crippen molar-refractivity contribution in [2.45, 2.75) is 105 Å². The molecule has 0 aromatic carbocycles. The maximum atomic E-state index is 9.32. The maximum Gasteiger partial charge on any atom is 0.0627 e. The first-order valence-electron chi connectivity index (χ1n) is 11.8. The molecule has 1 aliphatic rings. The average Bonchev–Trinajstić information content (AvgIpc) is 2.65. The third kappa shape index (κ3) is 18.9. The van der Waals surface area contributed by atoms with E-state index in [2.05, 4.69) is 27.7 Å². The van der Waals surface area contributed by atoms with Crippen LogP contribution in [-0.2, 0) is 4.74 Å². The van der Waals surface area contributed by atoms with Gasteiger partial charge in [0.1, 0.15) is 0 Å². The molecule has 0 heterocycles. The van der Waals surface area contributed by atoms with Crippen LogP contribution in [0.1, 0.15) is 80.6 Å². The summed E-state index contributed by atoms with van der Waals surface area (Å²) in [6, 6.07) is 0. The van der Waals surface area contributed by atoms with Crippen molar-refractivity contribution in [3.8, 4) is 0 Å². The highest BCUT2D eigenvalue weighted by Gasteiger charge is 2.27. The van der Waals surface area contributed by atoms with Crippen molar-refractivity contribution in [3.05, 3.63) is 0 Å². The summed E-state index contributed by atoms with van der Waals surface area (Å²) in [5, 5.41) is 53.6. The minimum atomic E-state index is -0.391. The quantitative estimate of drug-likeness (QED) is 0.300. The van der Waals surface area contributed by atoms with E-state index in [4.69, 9.17) is 25.2 Å². The largest absolute Gasteiger partial charge is 0.396 e. The first-order chi connectivity index (χ1) is 14.3. The van der Waals surface area contributed by atoms with Crippen LogP contribution in [0, 0.1) is 23.2 Å². The highest BCUT2D eigenvalue weighted by molar-refractivity contribution is 4.78. The smallest absolute Gasteiger partial charge is 0.0627 e. The number of aliphatic hydroxyl groups excluding tert-OH is 6. The highest BCUT2D eigenvalue weighted by atomic mass is 16.5. The molecule has 0 aliphatic heterocycles. The van der Waals surface area contributed by atoms with Crippen molar-refractivity contribution >= 4 is 0 Å². The molecular formula is C24H52O7. The van der Waals surface area contributed by atoms with E-state index in [-0.39, 0.29) is 50.0 Å². The molecule has 0 spiro atoms. The zero-order valence-electron chi connectivity index (χ0n) is 21.0. The molecule has 7 nitrogen and oxygen atoms in total. The minimum Gasteiger partial charge on any atom is -0.396 e. The normalized spacial score (nSPS) is 21.8. The number of aliphatic hydroxyl groups is 6. The Kier molecular flexibility index (Phi) is 19.3. The molecule has 1 rings (SSSR count). The van der Waals surface area contributed by atoms with Crippen molar-refractivity contribution in [1.29, 1.82) is 0 Å². The van der Waals surface area contributed by atoms with E-state index in [1.165, 1.54) is 0 Å². The fourth-order valence-corrected chi connectivity index (χ4v) is 3.74. The van der Waals surface area contributed by atoms with Gasteiger partial charge >= 0.3 is 0 Å². The van der Waals surface area contributed by atoms with E-state index in [0.29, 0.717) is 31.1 Å². The van der Waals surface area contributed by atoms with Crippen LogP contribution >= 0.6 is 0 Å². The third-order valence-corrected chi connectivity index (χ3v) is 5.06. The molecular weight excluding hydrogens is 400 g/mol. The van der Waals surface area contributed by atoms with Gasteiger partial charge in [-0.3, -0.25) is 0 Å². The molecule has 1 saturated carbocycles. The fourth-order valence-electron chi connectivity index (χ4n) is 3.74. The lowest BCUT2D eigenvalue weighted by Crippen LogP contribution is -2.35. The monoisotopic (exact) mass is 452 g/mol. The molecule has 1 fully saturated rings. The van der Waals surface area contributed by atoms with Crippen LogP contribution in [0.2, 0.25) is 0 Å². The van der Waals surface area contributed by atoms with Gasteiger partial charge in [0.15, 0.2) is 0 Å². The number of rotatable bonds is 10. The van der Waals surface area contributed by atoms with Gasteiger partial charge in [-0.1, -0.05) is 34.6 Å². The summed E-state index contributed by atoms with van der Waals surface area (Å²) in [4.78, 5) is 0. The van der Waals surface area contributed by atoms with Crippen LogP contribution in [0.25, 0.3) is 0 Å². The van der Waals surface area contributed by atoms with E-state index in [1.807, 2.05) is 20.8 Å². The van der Waals surface area contributed by atoms with Crippen LogP contribution in [0.4, 0.5) is 0 Å². The number of hydrogen-bond acceptors (Lipinski definition) is 7. The van der Waals surface area contributed by atoms with Crippen molar-refractivity contribution in [2.75, 3.05) is 26.4 Å². The van der Waals surface area contributed by atoms with Crippen LogP contribution in [0.3, 0.4) is 0 Å². The Morgan fingerprint density at radius 3 is 1.45 bits per heavy atom. The van der Waals surface area contributed by atoms with Gasteiger partial charge in [-0.2, -0.15) is 0 Å². The Morgan fingerprint density at radius 2 is 1.23 bits per heavy atom. The molecule has 2 unspecified atom stereocenters. The predicted octanol–water partition coefficient (Wildman–Crippen LogP) is 2.34. The van der Waals surface area contributed by atoms with Crippen LogP contribution < -0.4 is 0 Å². The third-order valence-electron chi connectivity index (χ3n) is 5.06. The second-order valence-electron chi connectivity index (χ2n) is 10.4. The Hall–Kier alpha value is -0.280. The fraction of sp³-hybridized carbons (Fsp3) is 1.00. The highest BCUT2D eigenvalue weighted by Crippen LogP contribution is 2.24. The molecule has 0 aromatic rings. The molecule has 7 heteroatoms. The molecule has 2 atom stereocenters. The molecule has 0 amide bonds. The predicted molar refractivity (Wildman–Crippen MR) is 125 cm³/mol. The van der Waals surface area contributed by atoms with Gasteiger partial charge in [0.25, 0.3) is 0 Å². The van der Waals surface area contributed by atoms with Crippen LogP contribution in [-0.4, -0.2) is 81.5 Å². The molecule has 0 bridgehead atoms. The van der Waals surface area contributed by atoms with Gasteiger partial charge in [-0.15, -0.1) is 0 Å². The van der Waals surface area contributed by atoms with Gasteiger partial charge in [0.2, 0.25) is 0 Å².